The van der Waals surface area contributed by atoms with E-state index in [1.165, 1.54) is 9.87 Å². The van der Waals surface area contributed by atoms with Crippen molar-refractivity contribution >= 4 is 15.7 Å². The average Bonchev–Trinajstić information content (AvgIpc) is 3.17. The van der Waals surface area contributed by atoms with E-state index in [9.17, 15) is 8.42 Å². The predicted molar refractivity (Wildman–Crippen MR) is 103 cm³/mol. The average molecular weight is 391 g/mol. The van der Waals surface area contributed by atoms with Gasteiger partial charge in [0.1, 0.15) is 0 Å². The van der Waals surface area contributed by atoms with Gasteiger partial charge in [-0.15, -0.1) is 0 Å². The van der Waals surface area contributed by atoms with Crippen molar-refractivity contribution in [3.05, 3.63) is 41.7 Å². The van der Waals surface area contributed by atoms with Gasteiger partial charge in [-0.2, -0.15) is 9.40 Å². The second kappa shape index (κ2) is 7.26. The Kier molecular flexibility index (Phi) is 4.96. The van der Waals surface area contributed by atoms with Gasteiger partial charge in [-0.1, -0.05) is 6.07 Å². The highest BCUT2D eigenvalue weighted by Crippen LogP contribution is 2.31. The van der Waals surface area contributed by atoms with Gasteiger partial charge in [-0.25, -0.2) is 8.42 Å². The van der Waals surface area contributed by atoms with Gasteiger partial charge in [0.15, 0.2) is 0 Å². The zero-order chi connectivity index (χ0) is 19.0. The van der Waals surface area contributed by atoms with E-state index in [1.807, 2.05) is 37.0 Å². The third kappa shape index (κ3) is 3.49. The van der Waals surface area contributed by atoms with Crippen LogP contribution in [-0.4, -0.2) is 55.8 Å². The first kappa shape index (κ1) is 18.5. The van der Waals surface area contributed by atoms with Crippen LogP contribution >= 0.6 is 0 Å². The van der Waals surface area contributed by atoms with Crippen molar-refractivity contribution in [2.45, 2.75) is 37.3 Å². The maximum Gasteiger partial charge on any atom is 0.243 e. The number of rotatable bonds is 4. The molecule has 0 bridgehead atoms. The summed E-state index contributed by atoms with van der Waals surface area (Å²) < 4.78 is 35.7. The molecule has 1 aromatic carbocycles. The molecule has 2 aliphatic heterocycles. The number of aryl methyl sites for hydroxylation is 2. The Morgan fingerprint density at radius 1 is 1.30 bits per heavy atom. The van der Waals surface area contributed by atoms with Gasteiger partial charge in [-0.3, -0.25) is 4.68 Å². The molecule has 1 saturated heterocycles. The van der Waals surface area contributed by atoms with E-state index < -0.39 is 10.0 Å². The lowest BCUT2D eigenvalue weighted by molar-refractivity contribution is -0.00260. The van der Waals surface area contributed by atoms with E-state index >= 15 is 0 Å². The molecule has 146 valence electrons. The topological polar surface area (TPSA) is 67.7 Å². The highest BCUT2D eigenvalue weighted by Gasteiger charge is 2.32. The van der Waals surface area contributed by atoms with Gasteiger partial charge in [0.05, 0.1) is 23.8 Å². The summed E-state index contributed by atoms with van der Waals surface area (Å²) in [5.74, 6) is 0. The summed E-state index contributed by atoms with van der Waals surface area (Å²) in [4.78, 5) is 2.50. The molecule has 8 heteroatoms. The van der Waals surface area contributed by atoms with Crippen LogP contribution < -0.4 is 4.90 Å². The molecule has 0 saturated carbocycles. The molecule has 1 fully saturated rings. The van der Waals surface area contributed by atoms with Gasteiger partial charge in [-0.05, 0) is 37.5 Å². The van der Waals surface area contributed by atoms with Crippen molar-refractivity contribution in [1.82, 2.24) is 14.1 Å². The minimum absolute atomic E-state index is 0.283. The van der Waals surface area contributed by atoms with Crippen LogP contribution in [0.15, 0.2) is 35.5 Å². The van der Waals surface area contributed by atoms with E-state index in [1.54, 1.807) is 12.3 Å². The number of nitrogens with zero attached hydrogens (tertiary/aromatic N) is 4. The summed E-state index contributed by atoms with van der Waals surface area (Å²) in [6.07, 6.45) is 5.51. The van der Waals surface area contributed by atoms with Crippen LogP contribution in [0.4, 0.5) is 5.69 Å². The highest BCUT2D eigenvalue weighted by atomic mass is 32.2. The Labute approximate surface area is 160 Å². The van der Waals surface area contributed by atoms with Gasteiger partial charge in [0.2, 0.25) is 10.0 Å². The molecule has 0 radical (unpaired) electrons. The second-order valence-corrected chi connectivity index (χ2v) is 9.11. The Morgan fingerprint density at radius 3 is 2.93 bits per heavy atom. The molecule has 2 aromatic rings. The van der Waals surface area contributed by atoms with Crippen LogP contribution in [0.2, 0.25) is 0 Å². The van der Waals surface area contributed by atoms with Gasteiger partial charge < -0.3 is 9.64 Å². The second-order valence-electron chi connectivity index (χ2n) is 7.17. The van der Waals surface area contributed by atoms with Crippen LogP contribution in [0.3, 0.4) is 0 Å². The van der Waals surface area contributed by atoms with Crippen molar-refractivity contribution in [1.29, 1.82) is 0 Å². The highest BCUT2D eigenvalue weighted by molar-refractivity contribution is 7.89. The molecule has 0 spiro atoms. The van der Waals surface area contributed by atoms with Crippen LogP contribution in [-0.2, 0) is 27.7 Å². The lowest BCUT2D eigenvalue weighted by Crippen LogP contribution is -2.42. The maximum absolute atomic E-state index is 13.2. The van der Waals surface area contributed by atoms with Crippen LogP contribution in [0.5, 0.6) is 0 Å². The molecule has 0 aliphatic carbocycles. The first-order chi connectivity index (χ1) is 13.0. The Balaban J connectivity index is 1.59. The van der Waals surface area contributed by atoms with E-state index in [0.29, 0.717) is 24.6 Å². The first-order valence-electron chi connectivity index (χ1n) is 9.47. The molecule has 3 heterocycles. The van der Waals surface area contributed by atoms with Gasteiger partial charge in [0, 0.05) is 50.7 Å². The third-order valence-corrected chi connectivity index (χ3v) is 7.28. The zero-order valence-electron chi connectivity index (χ0n) is 15.8. The third-order valence-electron chi connectivity index (χ3n) is 5.42. The van der Waals surface area contributed by atoms with E-state index in [2.05, 4.69) is 10.00 Å². The van der Waals surface area contributed by atoms with E-state index in [0.717, 1.165) is 37.2 Å². The summed E-state index contributed by atoms with van der Waals surface area (Å²) in [5.41, 5.74) is 3.16. The molecular formula is C19H26N4O3S. The predicted octanol–water partition coefficient (Wildman–Crippen LogP) is 2.05. The molecule has 2 aliphatic rings. The number of fused-ring (bicyclic) bond motifs is 1. The molecule has 27 heavy (non-hydrogen) atoms. The van der Waals surface area contributed by atoms with Crippen LogP contribution in [0, 0.1) is 0 Å². The molecule has 1 atom stereocenters. The van der Waals surface area contributed by atoms with Crippen molar-refractivity contribution in [3.63, 3.8) is 0 Å². The summed E-state index contributed by atoms with van der Waals surface area (Å²) in [6, 6.07) is 5.53. The molecule has 0 amide bonds. The van der Waals surface area contributed by atoms with Crippen LogP contribution in [0.25, 0.3) is 0 Å². The molecular weight excluding hydrogens is 364 g/mol. The Morgan fingerprint density at radius 2 is 2.15 bits per heavy atom. The fraction of sp³-hybridized carbons (Fsp3) is 0.526. The fourth-order valence-corrected chi connectivity index (χ4v) is 5.26. The number of hydrogen-bond acceptors (Lipinski definition) is 5. The number of hydrogen-bond donors (Lipinski definition) is 0. The van der Waals surface area contributed by atoms with E-state index in [-0.39, 0.29) is 6.10 Å². The lowest BCUT2D eigenvalue weighted by atomic mass is 10.0. The SMILES string of the molecule is CCn1cc(C2CN(S(=O)(=O)c3ccc4c(c3)N(C)CCC4)CCO2)cn1. The molecule has 7 nitrogen and oxygen atoms in total. The number of benzene rings is 1. The minimum Gasteiger partial charge on any atom is -0.374 e. The number of anilines is 1. The standard InChI is InChI=1S/C19H26N4O3S/c1-3-22-13-16(12-20-22)19-14-23(9-10-26-19)27(24,25)17-7-6-15-5-4-8-21(2)18(15)11-17/h6-7,11-13,19H,3-5,8-10,14H2,1-2H3. The van der Waals surface area contributed by atoms with Crippen LogP contribution in [0.1, 0.15) is 30.6 Å². The zero-order valence-corrected chi connectivity index (χ0v) is 16.7. The number of sulfonamides is 1. The summed E-state index contributed by atoms with van der Waals surface area (Å²) >= 11 is 0. The van der Waals surface area contributed by atoms with Crippen molar-refractivity contribution in [2.75, 3.05) is 38.2 Å². The smallest absolute Gasteiger partial charge is 0.243 e. The van der Waals surface area contributed by atoms with E-state index in [4.69, 9.17) is 4.74 Å². The fourth-order valence-electron chi connectivity index (χ4n) is 3.81. The molecule has 1 aromatic heterocycles. The first-order valence-corrected chi connectivity index (χ1v) is 10.9. The summed E-state index contributed by atoms with van der Waals surface area (Å²) in [6.45, 7) is 4.81. The largest absolute Gasteiger partial charge is 0.374 e. The Bertz CT molecular complexity index is 925. The monoisotopic (exact) mass is 390 g/mol. The number of morpholine rings is 1. The van der Waals surface area contributed by atoms with Crippen molar-refractivity contribution < 1.29 is 13.2 Å². The summed E-state index contributed by atoms with van der Waals surface area (Å²) in [5, 5.41) is 4.27. The quantitative estimate of drug-likeness (QED) is 0.799. The maximum atomic E-state index is 13.2. The van der Waals surface area contributed by atoms with Gasteiger partial charge >= 0.3 is 0 Å². The molecule has 4 rings (SSSR count). The summed E-state index contributed by atoms with van der Waals surface area (Å²) in [7, 11) is -1.54. The number of ether oxygens (including phenoxy) is 1. The lowest BCUT2D eigenvalue weighted by Gasteiger charge is -2.32. The van der Waals surface area contributed by atoms with Crippen molar-refractivity contribution in [3.8, 4) is 0 Å². The molecule has 0 N–H and O–H groups in total. The van der Waals surface area contributed by atoms with Crippen molar-refractivity contribution in [2.24, 2.45) is 0 Å². The Hall–Kier alpha value is -1.90. The minimum atomic E-state index is -3.56. The molecule has 1 unspecified atom stereocenters. The normalized spacial score (nSPS) is 21.3. The van der Waals surface area contributed by atoms with Gasteiger partial charge in [0.25, 0.3) is 0 Å². The number of aromatic nitrogens is 2.